The Morgan fingerprint density at radius 3 is 2.84 bits per heavy atom. The molecule has 1 heterocycles. The molecule has 0 amide bonds. The van der Waals surface area contributed by atoms with Gasteiger partial charge < -0.3 is 4.98 Å². The average Bonchev–Trinajstić information content (AvgIpc) is 2.74. The Balaban J connectivity index is 2.32. The van der Waals surface area contributed by atoms with Crippen molar-refractivity contribution in [2.75, 3.05) is 6.26 Å². The molecule has 2 nitrogen and oxygen atoms in total. The van der Waals surface area contributed by atoms with E-state index < -0.39 is 0 Å². The number of imidazole rings is 1. The van der Waals surface area contributed by atoms with Crippen LogP contribution >= 0.6 is 39.9 Å². The van der Waals surface area contributed by atoms with E-state index in [2.05, 4.69) is 62.1 Å². The van der Waals surface area contributed by atoms with Crippen LogP contribution in [0.5, 0.6) is 0 Å². The summed E-state index contributed by atoms with van der Waals surface area (Å²) in [6.07, 6.45) is 2.07. The van der Waals surface area contributed by atoms with E-state index in [9.17, 15) is 0 Å². The Bertz CT molecular complexity index is 805. The number of nitrogens with one attached hydrogen (secondary N) is 1. The van der Waals surface area contributed by atoms with Gasteiger partial charge in [-0.25, -0.2) is 0 Å². The van der Waals surface area contributed by atoms with E-state index >= 15 is 0 Å². The molecule has 0 aliphatic rings. The monoisotopic (exact) mass is 350 g/mol. The van der Waals surface area contributed by atoms with Crippen molar-refractivity contribution in [1.82, 2.24) is 9.55 Å². The molecule has 0 unspecified atom stereocenters. The van der Waals surface area contributed by atoms with Crippen molar-refractivity contribution in [3.05, 3.63) is 51.7 Å². The number of hydrogen-bond acceptors (Lipinski definition) is 2. The minimum atomic E-state index is 0.714. The lowest BCUT2D eigenvalue weighted by atomic mass is 10.3. The second-order valence-electron chi connectivity index (χ2n) is 4.13. The van der Waals surface area contributed by atoms with Gasteiger partial charge in [-0.2, -0.15) is 0 Å². The van der Waals surface area contributed by atoms with Gasteiger partial charge in [0.25, 0.3) is 0 Å². The number of aromatic amines is 1. The Labute approximate surface area is 129 Å². The molecule has 5 heteroatoms. The largest absolute Gasteiger partial charge is 0.330 e. The van der Waals surface area contributed by atoms with Crippen LogP contribution in [0, 0.1) is 4.77 Å². The van der Waals surface area contributed by atoms with Crippen LogP contribution in [0.1, 0.15) is 0 Å². The fraction of sp³-hybridized carbons (Fsp3) is 0.0714. The van der Waals surface area contributed by atoms with E-state index in [-0.39, 0.29) is 0 Å². The van der Waals surface area contributed by atoms with Crippen LogP contribution < -0.4 is 0 Å². The van der Waals surface area contributed by atoms with E-state index in [0.717, 1.165) is 21.2 Å². The van der Waals surface area contributed by atoms with E-state index in [1.54, 1.807) is 11.8 Å². The number of benzene rings is 2. The molecule has 0 saturated carbocycles. The van der Waals surface area contributed by atoms with Gasteiger partial charge >= 0.3 is 0 Å². The molecule has 3 aromatic rings. The molecule has 96 valence electrons. The summed E-state index contributed by atoms with van der Waals surface area (Å²) >= 11 is 10.7. The van der Waals surface area contributed by atoms with E-state index in [4.69, 9.17) is 12.2 Å². The lowest BCUT2D eigenvalue weighted by molar-refractivity contribution is 1.06. The summed E-state index contributed by atoms with van der Waals surface area (Å²) in [7, 11) is 0. The van der Waals surface area contributed by atoms with Gasteiger partial charge in [0.05, 0.1) is 11.0 Å². The first-order chi connectivity index (χ1) is 9.19. The molecular weight excluding hydrogens is 340 g/mol. The third-order valence-corrected chi connectivity index (χ3v) is 4.46. The maximum Gasteiger partial charge on any atom is 0.182 e. The lowest BCUT2D eigenvalue weighted by Gasteiger charge is -2.06. The molecule has 0 aliphatic heterocycles. The Morgan fingerprint density at radius 2 is 2.05 bits per heavy atom. The van der Waals surface area contributed by atoms with Crippen LogP contribution in [0.4, 0.5) is 0 Å². The quantitative estimate of drug-likeness (QED) is 0.508. The van der Waals surface area contributed by atoms with Crippen molar-refractivity contribution < 1.29 is 0 Å². The summed E-state index contributed by atoms with van der Waals surface area (Å²) in [6.45, 7) is 0. The van der Waals surface area contributed by atoms with Crippen LogP contribution in [-0.2, 0) is 0 Å². The molecule has 0 radical (unpaired) electrons. The van der Waals surface area contributed by atoms with Gasteiger partial charge in [0, 0.05) is 15.1 Å². The van der Waals surface area contributed by atoms with Gasteiger partial charge in [0.1, 0.15) is 0 Å². The van der Waals surface area contributed by atoms with Gasteiger partial charge in [-0.3, -0.25) is 4.57 Å². The Morgan fingerprint density at radius 1 is 1.21 bits per heavy atom. The Hall–Kier alpha value is -1.04. The van der Waals surface area contributed by atoms with Gasteiger partial charge in [0.2, 0.25) is 0 Å². The van der Waals surface area contributed by atoms with Crippen molar-refractivity contribution in [1.29, 1.82) is 0 Å². The van der Waals surface area contributed by atoms with Gasteiger partial charge in [-0.15, -0.1) is 11.8 Å². The minimum Gasteiger partial charge on any atom is -0.330 e. The molecule has 0 bridgehead atoms. The summed E-state index contributed by atoms with van der Waals surface area (Å²) < 4.78 is 3.82. The maximum absolute atomic E-state index is 5.44. The first kappa shape index (κ1) is 13.0. The Kier molecular flexibility index (Phi) is 3.52. The summed E-state index contributed by atoms with van der Waals surface area (Å²) in [5, 5.41) is 0. The lowest BCUT2D eigenvalue weighted by Crippen LogP contribution is -1.93. The molecule has 19 heavy (non-hydrogen) atoms. The molecule has 3 rings (SSSR count). The highest BCUT2D eigenvalue weighted by molar-refractivity contribution is 9.10. The van der Waals surface area contributed by atoms with Gasteiger partial charge in [-0.05, 0) is 54.9 Å². The van der Waals surface area contributed by atoms with Crippen molar-refractivity contribution >= 4 is 50.9 Å². The molecule has 0 aliphatic carbocycles. The first-order valence-corrected chi connectivity index (χ1v) is 8.16. The molecule has 0 atom stereocenters. The van der Waals surface area contributed by atoms with Crippen LogP contribution in [0.2, 0.25) is 0 Å². The number of hydrogen-bond donors (Lipinski definition) is 1. The van der Waals surface area contributed by atoms with Crippen LogP contribution in [-0.4, -0.2) is 15.8 Å². The third-order valence-electron chi connectivity index (χ3n) is 2.96. The predicted molar refractivity (Wildman–Crippen MR) is 87.9 cm³/mol. The minimum absolute atomic E-state index is 0.714. The second-order valence-corrected chi connectivity index (χ2v) is 6.31. The SMILES string of the molecule is CSc1cccc(-n2c(=S)[nH]c3ccc(Br)cc32)c1. The summed E-state index contributed by atoms with van der Waals surface area (Å²) in [4.78, 5) is 4.47. The zero-order chi connectivity index (χ0) is 13.4. The average molecular weight is 351 g/mol. The van der Waals surface area contributed by atoms with Crippen molar-refractivity contribution in [3.8, 4) is 5.69 Å². The number of thioether (sulfide) groups is 1. The zero-order valence-electron chi connectivity index (χ0n) is 10.2. The molecule has 0 spiro atoms. The summed E-state index contributed by atoms with van der Waals surface area (Å²) in [6, 6.07) is 14.5. The number of H-pyrrole nitrogens is 1. The zero-order valence-corrected chi connectivity index (χ0v) is 13.4. The smallest absolute Gasteiger partial charge is 0.182 e. The molecule has 0 fully saturated rings. The van der Waals surface area contributed by atoms with E-state index in [1.807, 2.05) is 12.1 Å². The number of fused-ring (bicyclic) bond motifs is 1. The predicted octanol–water partition coefficient (Wildman–Crippen LogP) is 5.17. The number of rotatable bonds is 2. The third kappa shape index (κ3) is 2.38. The second kappa shape index (κ2) is 5.15. The summed E-state index contributed by atoms with van der Waals surface area (Å²) in [5.41, 5.74) is 3.21. The maximum atomic E-state index is 5.44. The van der Waals surface area contributed by atoms with Crippen molar-refractivity contribution in [3.63, 3.8) is 0 Å². The van der Waals surface area contributed by atoms with Gasteiger partial charge in [-0.1, -0.05) is 22.0 Å². The van der Waals surface area contributed by atoms with Crippen molar-refractivity contribution in [2.24, 2.45) is 0 Å². The first-order valence-electron chi connectivity index (χ1n) is 5.74. The normalized spacial score (nSPS) is 11.1. The van der Waals surface area contributed by atoms with Crippen LogP contribution in [0.3, 0.4) is 0 Å². The van der Waals surface area contributed by atoms with Crippen LogP contribution in [0.25, 0.3) is 16.7 Å². The van der Waals surface area contributed by atoms with E-state index in [0.29, 0.717) is 4.77 Å². The standard InChI is InChI=1S/C14H11BrN2S2/c1-19-11-4-2-3-10(8-11)17-13-7-9(15)5-6-12(13)16-14(17)18/h2-8H,1H3,(H,16,18). The fourth-order valence-corrected chi connectivity index (χ4v) is 3.20. The van der Waals surface area contributed by atoms with Crippen molar-refractivity contribution in [2.45, 2.75) is 4.90 Å². The highest BCUT2D eigenvalue weighted by Gasteiger charge is 2.07. The molecule has 1 aromatic heterocycles. The number of nitrogens with zero attached hydrogens (tertiary/aromatic N) is 1. The van der Waals surface area contributed by atoms with E-state index in [1.165, 1.54) is 4.90 Å². The fourth-order valence-electron chi connectivity index (χ4n) is 2.08. The number of aromatic nitrogens is 2. The van der Waals surface area contributed by atoms with Gasteiger partial charge in [0.15, 0.2) is 4.77 Å². The summed E-state index contributed by atoms with van der Waals surface area (Å²) in [5.74, 6) is 0. The molecule has 2 aromatic carbocycles. The molecule has 1 N–H and O–H groups in total. The molecular formula is C14H11BrN2S2. The highest BCUT2D eigenvalue weighted by atomic mass is 79.9. The topological polar surface area (TPSA) is 20.7 Å². The molecule has 0 saturated heterocycles. The highest BCUT2D eigenvalue weighted by Crippen LogP contribution is 2.25. The number of halogens is 1. The van der Waals surface area contributed by atoms with Crippen LogP contribution in [0.15, 0.2) is 51.8 Å².